The molecule has 7 heteroatoms. The van der Waals surface area contributed by atoms with Gasteiger partial charge in [0.05, 0.1) is 17.6 Å². The summed E-state index contributed by atoms with van der Waals surface area (Å²) < 4.78 is 5.16. The van der Waals surface area contributed by atoms with Crippen LogP contribution in [-0.2, 0) is 0 Å². The van der Waals surface area contributed by atoms with E-state index in [2.05, 4.69) is 0 Å². The summed E-state index contributed by atoms with van der Waals surface area (Å²) in [5.74, 6) is -0.478. The summed E-state index contributed by atoms with van der Waals surface area (Å²) in [6, 6.07) is 2.96. The second-order valence-corrected chi connectivity index (χ2v) is 5.20. The number of methoxy groups -OCH3 is 1. The molecule has 0 aliphatic carbocycles. The van der Waals surface area contributed by atoms with Crippen LogP contribution in [0.1, 0.15) is 36.5 Å². The van der Waals surface area contributed by atoms with Crippen molar-refractivity contribution in [3.05, 3.63) is 27.8 Å². The van der Waals surface area contributed by atoms with Crippen molar-refractivity contribution < 1.29 is 14.5 Å². The van der Waals surface area contributed by atoms with Gasteiger partial charge in [0.15, 0.2) is 0 Å². The number of nitrogens with zero attached hydrogens (tertiary/aromatic N) is 2. The number of primary amides is 1. The highest BCUT2D eigenvalue weighted by Gasteiger charge is 2.28. The lowest BCUT2D eigenvalue weighted by Crippen LogP contribution is -2.37. The van der Waals surface area contributed by atoms with Crippen LogP contribution in [0.2, 0.25) is 0 Å². The van der Waals surface area contributed by atoms with Gasteiger partial charge in [-0.1, -0.05) is 0 Å². The zero-order valence-electron chi connectivity index (χ0n) is 12.2. The number of nitrogens with two attached hydrogens (primary N) is 1. The van der Waals surface area contributed by atoms with Gasteiger partial charge in [0.1, 0.15) is 11.4 Å². The van der Waals surface area contributed by atoms with Crippen LogP contribution in [-0.4, -0.2) is 30.5 Å². The number of carbonyl (C=O) groups excluding carboxylic acids is 1. The number of piperidine rings is 1. The van der Waals surface area contributed by atoms with Crippen molar-refractivity contribution >= 4 is 17.3 Å². The molecule has 1 heterocycles. The first kappa shape index (κ1) is 15.1. The van der Waals surface area contributed by atoms with Gasteiger partial charge in [0.25, 0.3) is 11.6 Å². The summed E-state index contributed by atoms with van der Waals surface area (Å²) in [5.41, 5.74) is 5.65. The SMILES string of the molecule is COc1cc(N2CCCC[C@H]2C)c([N+](=O)[O-])cc1C(N)=O. The molecule has 0 radical (unpaired) electrons. The van der Waals surface area contributed by atoms with Crippen molar-refractivity contribution in [1.29, 1.82) is 0 Å². The zero-order valence-corrected chi connectivity index (χ0v) is 12.2. The number of benzene rings is 1. The van der Waals surface area contributed by atoms with E-state index in [4.69, 9.17) is 10.5 Å². The molecule has 114 valence electrons. The third kappa shape index (κ3) is 2.91. The molecule has 2 N–H and O–H groups in total. The number of rotatable bonds is 4. The Labute approximate surface area is 122 Å². The van der Waals surface area contributed by atoms with Gasteiger partial charge in [0, 0.05) is 24.7 Å². The van der Waals surface area contributed by atoms with Crippen LogP contribution >= 0.6 is 0 Å². The third-order valence-electron chi connectivity index (χ3n) is 3.87. The largest absolute Gasteiger partial charge is 0.496 e. The molecule has 0 saturated carbocycles. The van der Waals surface area contributed by atoms with E-state index >= 15 is 0 Å². The second-order valence-electron chi connectivity index (χ2n) is 5.20. The Kier molecular flexibility index (Phi) is 4.30. The number of carbonyl (C=O) groups is 1. The number of ether oxygens (including phenoxy) is 1. The van der Waals surface area contributed by atoms with E-state index in [1.54, 1.807) is 6.07 Å². The quantitative estimate of drug-likeness (QED) is 0.677. The lowest BCUT2D eigenvalue weighted by atomic mass is 10.0. The normalized spacial score (nSPS) is 18.4. The van der Waals surface area contributed by atoms with Gasteiger partial charge in [0.2, 0.25) is 0 Å². The Morgan fingerprint density at radius 2 is 2.19 bits per heavy atom. The van der Waals surface area contributed by atoms with E-state index in [-0.39, 0.29) is 23.0 Å². The molecule has 2 rings (SSSR count). The van der Waals surface area contributed by atoms with Crippen LogP contribution in [0, 0.1) is 10.1 Å². The predicted molar refractivity (Wildman–Crippen MR) is 78.8 cm³/mol. The maximum absolute atomic E-state index is 11.4. The summed E-state index contributed by atoms with van der Waals surface area (Å²) in [4.78, 5) is 24.3. The van der Waals surface area contributed by atoms with Gasteiger partial charge in [-0.15, -0.1) is 0 Å². The van der Waals surface area contributed by atoms with E-state index < -0.39 is 10.8 Å². The predicted octanol–water partition coefficient (Wildman–Crippen LogP) is 2.08. The van der Waals surface area contributed by atoms with Crippen LogP contribution < -0.4 is 15.4 Å². The molecule has 0 aromatic heterocycles. The van der Waals surface area contributed by atoms with E-state index in [9.17, 15) is 14.9 Å². The molecule has 0 spiro atoms. The fourth-order valence-corrected chi connectivity index (χ4v) is 2.75. The van der Waals surface area contributed by atoms with Crippen LogP contribution in [0.4, 0.5) is 11.4 Å². The van der Waals surface area contributed by atoms with E-state index in [0.717, 1.165) is 25.8 Å². The second kappa shape index (κ2) is 5.99. The van der Waals surface area contributed by atoms with Gasteiger partial charge in [-0.05, 0) is 26.2 Å². The molecule has 7 nitrogen and oxygen atoms in total. The van der Waals surface area contributed by atoms with Gasteiger partial charge in [-0.2, -0.15) is 0 Å². The van der Waals surface area contributed by atoms with Crippen molar-refractivity contribution in [1.82, 2.24) is 0 Å². The number of hydrogen-bond donors (Lipinski definition) is 1. The highest BCUT2D eigenvalue weighted by Crippen LogP contribution is 2.37. The Hall–Kier alpha value is -2.31. The Morgan fingerprint density at radius 3 is 2.71 bits per heavy atom. The average Bonchev–Trinajstić information content (AvgIpc) is 2.46. The number of anilines is 1. The summed E-state index contributed by atoms with van der Waals surface area (Å²) in [7, 11) is 1.41. The maximum atomic E-state index is 11.4. The molecular formula is C14H19N3O4. The smallest absolute Gasteiger partial charge is 0.293 e. The van der Waals surface area contributed by atoms with E-state index in [1.807, 2.05) is 11.8 Å². The first-order valence-corrected chi connectivity index (χ1v) is 6.88. The topological polar surface area (TPSA) is 98.7 Å². The molecule has 21 heavy (non-hydrogen) atoms. The van der Waals surface area contributed by atoms with Crippen LogP contribution in [0.15, 0.2) is 12.1 Å². The number of amides is 1. The van der Waals surface area contributed by atoms with Gasteiger partial charge < -0.3 is 15.4 Å². The number of nitro benzene ring substituents is 1. The zero-order chi connectivity index (χ0) is 15.6. The Bertz CT molecular complexity index is 574. The molecule has 1 atom stereocenters. The summed E-state index contributed by atoms with van der Waals surface area (Å²) in [6.07, 6.45) is 3.08. The monoisotopic (exact) mass is 293 g/mol. The van der Waals surface area contributed by atoms with Crippen LogP contribution in [0.25, 0.3) is 0 Å². The fourth-order valence-electron chi connectivity index (χ4n) is 2.75. The molecule has 1 aliphatic rings. The van der Waals surface area contributed by atoms with E-state index in [0.29, 0.717) is 5.69 Å². The Balaban J connectivity index is 2.57. The minimum Gasteiger partial charge on any atom is -0.496 e. The average molecular weight is 293 g/mol. The van der Waals surface area contributed by atoms with E-state index in [1.165, 1.54) is 13.2 Å². The third-order valence-corrected chi connectivity index (χ3v) is 3.87. The molecule has 1 aliphatic heterocycles. The standard InChI is InChI=1S/C14H19N3O4/c1-9-5-3-4-6-16(9)11-8-13(21-2)10(14(15)18)7-12(11)17(19)20/h7-9H,3-6H2,1-2H3,(H2,15,18)/t9-/m1/s1. The summed E-state index contributed by atoms with van der Waals surface area (Å²) in [5, 5.41) is 11.3. The Morgan fingerprint density at radius 1 is 1.48 bits per heavy atom. The first-order chi connectivity index (χ1) is 9.95. The molecule has 1 saturated heterocycles. The molecule has 1 aromatic rings. The molecular weight excluding hydrogens is 274 g/mol. The van der Waals surface area contributed by atoms with Crippen LogP contribution in [0.3, 0.4) is 0 Å². The number of nitro groups is 1. The first-order valence-electron chi connectivity index (χ1n) is 6.88. The van der Waals surface area contributed by atoms with Gasteiger partial charge >= 0.3 is 0 Å². The van der Waals surface area contributed by atoms with Gasteiger partial charge in [-0.3, -0.25) is 14.9 Å². The summed E-state index contributed by atoms with van der Waals surface area (Å²) in [6.45, 7) is 2.79. The highest BCUT2D eigenvalue weighted by molar-refractivity contribution is 5.97. The fraction of sp³-hybridized carbons (Fsp3) is 0.500. The van der Waals surface area contributed by atoms with Crippen molar-refractivity contribution in [2.45, 2.75) is 32.2 Å². The lowest BCUT2D eigenvalue weighted by molar-refractivity contribution is -0.384. The minimum absolute atomic E-state index is 0.0256. The van der Waals surface area contributed by atoms with Crippen molar-refractivity contribution in [3.63, 3.8) is 0 Å². The maximum Gasteiger partial charge on any atom is 0.293 e. The lowest BCUT2D eigenvalue weighted by Gasteiger charge is -2.35. The molecule has 0 bridgehead atoms. The van der Waals surface area contributed by atoms with Crippen LogP contribution in [0.5, 0.6) is 5.75 Å². The molecule has 0 unspecified atom stereocenters. The minimum atomic E-state index is -0.742. The molecule has 1 aromatic carbocycles. The molecule has 1 amide bonds. The summed E-state index contributed by atoms with van der Waals surface area (Å²) >= 11 is 0. The van der Waals surface area contributed by atoms with Crippen molar-refractivity contribution in [2.24, 2.45) is 5.73 Å². The van der Waals surface area contributed by atoms with Crippen molar-refractivity contribution in [3.8, 4) is 5.75 Å². The highest BCUT2D eigenvalue weighted by atomic mass is 16.6. The van der Waals surface area contributed by atoms with Gasteiger partial charge in [-0.25, -0.2) is 0 Å². The van der Waals surface area contributed by atoms with Crippen molar-refractivity contribution in [2.75, 3.05) is 18.6 Å². The number of hydrogen-bond acceptors (Lipinski definition) is 5. The molecule has 1 fully saturated rings.